The third-order valence-corrected chi connectivity index (χ3v) is 5.29. The van der Waals surface area contributed by atoms with E-state index in [0.29, 0.717) is 13.0 Å². The molecule has 0 saturated carbocycles. The van der Waals surface area contributed by atoms with Crippen LogP contribution in [0.5, 0.6) is 0 Å². The number of benzene rings is 1. The maximum absolute atomic E-state index is 12.9. The number of nitrogens with zero attached hydrogens (tertiary/aromatic N) is 2. The zero-order valence-corrected chi connectivity index (χ0v) is 12.2. The van der Waals surface area contributed by atoms with Gasteiger partial charge >= 0.3 is 0 Å². The van der Waals surface area contributed by atoms with Crippen LogP contribution in [0.2, 0.25) is 0 Å². The molecule has 0 radical (unpaired) electrons. The van der Waals surface area contributed by atoms with E-state index in [9.17, 15) is 9.59 Å². The predicted molar refractivity (Wildman–Crippen MR) is 78.7 cm³/mol. The first-order valence-electron chi connectivity index (χ1n) is 7.03. The third-order valence-electron chi connectivity index (χ3n) is 4.57. The number of rotatable bonds is 2. The van der Waals surface area contributed by atoms with E-state index < -0.39 is 5.41 Å². The molecule has 1 aliphatic heterocycles. The molecule has 2 amide bonds. The number of hydrogen-bond donors (Lipinski definition) is 0. The second kappa shape index (κ2) is 4.49. The minimum atomic E-state index is -0.613. The summed E-state index contributed by atoms with van der Waals surface area (Å²) in [6, 6.07) is 9.87. The Labute approximate surface area is 126 Å². The first-order valence-corrected chi connectivity index (χ1v) is 7.81. The maximum Gasteiger partial charge on any atom is 0.240 e. The molecule has 1 fully saturated rings. The van der Waals surface area contributed by atoms with Gasteiger partial charge in [0.1, 0.15) is 0 Å². The van der Waals surface area contributed by atoms with Gasteiger partial charge in [0, 0.05) is 17.5 Å². The number of aromatic nitrogens is 1. The van der Waals surface area contributed by atoms with Crippen LogP contribution >= 0.6 is 11.5 Å². The lowest BCUT2D eigenvalue weighted by Gasteiger charge is -2.22. The molecular formula is C16H14N2O2S. The van der Waals surface area contributed by atoms with Crippen LogP contribution in [0.1, 0.15) is 28.8 Å². The number of hydrogen-bond acceptors (Lipinski definition) is 4. The monoisotopic (exact) mass is 298 g/mol. The highest BCUT2D eigenvalue weighted by molar-refractivity contribution is 7.05. The average molecular weight is 298 g/mol. The lowest BCUT2D eigenvalue weighted by molar-refractivity contribution is -0.140. The molecule has 106 valence electrons. The van der Waals surface area contributed by atoms with Crippen LogP contribution in [0.4, 0.5) is 0 Å². The Morgan fingerprint density at radius 1 is 1.24 bits per heavy atom. The number of amides is 2. The molecule has 1 aliphatic carbocycles. The fourth-order valence-electron chi connectivity index (χ4n) is 3.53. The normalized spacial score (nSPS) is 24.1. The highest BCUT2D eigenvalue weighted by Gasteiger charge is 2.55. The van der Waals surface area contributed by atoms with Gasteiger partial charge in [-0.25, -0.2) is 4.37 Å². The number of carbonyl (C=O) groups excluding carboxylic acids is 2. The van der Waals surface area contributed by atoms with Gasteiger partial charge in [0.25, 0.3) is 0 Å². The fourth-order valence-corrected chi connectivity index (χ4v) is 4.10. The van der Waals surface area contributed by atoms with Crippen molar-refractivity contribution in [3.05, 3.63) is 52.5 Å². The highest BCUT2D eigenvalue weighted by Crippen LogP contribution is 2.47. The summed E-state index contributed by atoms with van der Waals surface area (Å²) < 4.78 is 4.03. The van der Waals surface area contributed by atoms with Crippen molar-refractivity contribution in [1.82, 2.24) is 9.27 Å². The first-order chi connectivity index (χ1) is 10.2. The number of aryl methyl sites for hydroxylation is 1. The van der Waals surface area contributed by atoms with Gasteiger partial charge in [-0.1, -0.05) is 24.3 Å². The molecule has 5 heteroatoms. The van der Waals surface area contributed by atoms with E-state index in [1.165, 1.54) is 22.0 Å². The van der Waals surface area contributed by atoms with E-state index in [1.54, 1.807) is 6.20 Å². The van der Waals surface area contributed by atoms with Crippen molar-refractivity contribution in [3.8, 4) is 0 Å². The molecule has 0 N–H and O–H groups in total. The van der Waals surface area contributed by atoms with Crippen LogP contribution in [0, 0.1) is 0 Å². The van der Waals surface area contributed by atoms with Gasteiger partial charge in [0.2, 0.25) is 11.8 Å². The fraction of sp³-hybridized carbons (Fsp3) is 0.312. The maximum atomic E-state index is 12.9. The van der Waals surface area contributed by atoms with E-state index >= 15 is 0 Å². The lowest BCUT2D eigenvalue weighted by Crippen LogP contribution is -2.36. The minimum Gasteiger partial charge on any atom is -0.276 e. The van der Waals surface area contributed by atoms with Crippen LogP contribution in [-0.4, -0.2) is 21.1 Å². The first kappa shape index (κ1) is 12.7. The Morgan fingerprint density at radius 3 is 2.90 bits per heavy atom. The SMILES string of the molecule is O=C1CC2(CCc3ccccc32)C(=O)N1Cc1ccns1. The Kier molecular flexibility index (Phi) is 2.72. The summed E-state index contributed by atoms with van der Waals surface area (Å²) in [6.45, 7) is 0.353. The second-order valence-corrected chi connectivity index (χ2v) is 6.60. The van der Waals surface area contributed by atoms with Crippen molar-refractivity contribution >= 4 is 23.3 Å². The van der Waals surface area contributed by atoms with E-state index in [4.69, 9.17) is 0 Å². The Hall–Kier alpha value is -2.01. The summed E-state index contributed by atoms with van der Waals surface area (Å²) in [5, 5.41) is 0. The van der Waals surface area contributed by atoms with Crippen molar-refractivity contribution in [3.63, 3.8) is 0 Å². The summed E-state index contributed by atoms with van der Waals surface area (Å²) in [6.07, 6.45) is 3.63. The molecule has 1 unspecified atom stereocenters. The molecule has 1 spiro atoms. The van der Waals surface area contributed by atoms with E-state index in [2.05, 4.69) is 10.4 Å². The Balaban J connectivity index is 1.71. The molecule has 4 nitrogen and oxygen atoms in total. The summed E-state index contributed by atoms with van der Waals surface area (Å²) in [5.74, 6) is -0.101. The van der Waals surface area contributed by atoms with Gasteiger partial charge < -0.3 is 0 Å². The van der Waals surface area contributed by atoms with Crippen molar-refractivity contribution < 1.29 is 9.59 Å². The van der Waals surface area contributed by atoms with Gasteiger partial charge in [0.15, 0.2) is 0 Å². The average Bonchev–Trinajstić information content (AvgIpc) is 3.17. The quantitative estimate of drug-likeness (QED) is 0.799. The van der Waals surface area contributed by atoms with E-state index in [1.807, 2.05) is 24.3 Å². The molecule has 1 saturated heterocycles. The number of fused-ring (bicyclic) bond motifs is 2. The van der Waals surface area contributed by atoms with Gasteiger partial charge in [-0.3, -0.25) is 14.5 Å². The molecule has 1 atom stereocenters. The Bertz CT molecular complexity index is 726. The zero-order valence-electron chi connectivity index (χ0n) is 11.4. The van der Waals surface area contributed by atoms with Gasteiger partial charge in [-0.2, -0.15) is 0 Å². The topological polar surface area (TPSA) is 50.3 Å². The smallest absolute Gasteiger partial charge is 0.240 e. The highest BCUT2D eigenvalue weighted by atomic mass is 32.1. The third kappa shape index (κ3) is 1.77. The largest absolute Gasteiger partial charge is 0.276 e. The van der Waals surface area contributed by atoms with E-state index in [-0.39, 0.29) is 11.8 Å². The molecule has 1 aromatic heterocycles. The number of imide groups is 1. The molecule has 2 aromatic rings. The molecule has 2 heterocycles. The second-order valence-electron chi connectivity index (χ2n) is 5.68. The van der Waals surface area contributed by atoms with Crippen molar-refractivity contribution in [1.29, 1.82) is 0 Å². The minimum absolute atomic E-state index is 0.0362. The molecule has 21 heavy (non-hydrogen) atoms. The zero-order chi connectivity index (χ0) is 14.4. The summed E-state index contributed by atoms with van der Waals surface area (Å²) >= 11 is 1.33. The molecule has 2 aliphatic rings. The van der Waals surface area contributed by atoms with Gasteiger partial charge in [-0.05, 0) is 41.6 Å². The van der Waals surface area contributed by atoms with Crippen LogP contribution in [-0.2, 0) is 28.0 Å². The molecule has 1 aromatic carbocycles. The lowest BCUT2D eigenvalue weighted by atomic mass is 9.80. The van der Waals surface area contributed by atoms with Crippen LogP contribution in [0.15, 0.2) is 36.5 Å². The molecule has 4 rings (SSSR count). The van der Waals surface area contributed by atoms with Gasteiger partial charge in [0.05, 0.1) is 12.0 Å². The predicted octanol–water partition coefficient (Wildman–Crippen LogP) is 2.29. The number of carbonyl (C=O) groups is 2. The van der Waals surface area contributed by atoms with Crippen molar-refractivity contribution in [2.45, 2.75) is 31.2 Å². The van der Waals surface area contributed by atoms with Crippen LogP contribution < -0.4 is 0 Å². The molecular weight excluding hydrogens is 284 g/mol. The summed E-state index contributed by atoms with van der Waals surface area (Å²) in [4.78, 5) is 27.6. The summed E-state index contributed by atoms with van der Waals surface area (Å²) in [5.41, 5.74) is 1.65. The van der Waals surface area contributed by atoms with Crippen LogP contribution in [0.25, 0.3) is 0 Å². The van der Waals surface area contributed by atoms with Crippen molar-refractivity contribution in [2.75, 3.05) is 0 Å². The van der Waals surface area contributed by atoms with Gasteiger partial charge in [-0.15, -0.1) is 0 Å². The Morgan fingerprint density at radius 2 is 2.10 bits per heavy atom. The van der Waals surface area contributed by atoms with Crippen LogP contribution in [0.3, 0.4) is 0 Å². The molecule has 0 bridgehead atoms. The summed E-state index contributed by atoms with van der Waals surface area (Å²) in [7, 11) is 0. The van der Waals surface area contributed by atoms with Crippen molar-refractivity contribution in [2.24, 2.45) is 0 Å². The number of likely N-dealkylation sites (tertiary alicyclic amines) is 1. The van der Waals surface area contributed by atoms with E-state index in [0.717, 1.165) is 23.3 Å². The standard InChI is InChI=1S/C16H14N2O2S/c19-14-9-16(7-5-11-3-1-2-4-13(11)16)15(20)18(14)10-12-6-8-17-21-12/h1-4,6,8H,5,7,9-10H2.